The minimum absolute atomic E-state index is 0.475. The minimum Gasteiger partial charge on any atom is -0.370 e. The lowest BCUT2D eigenvalue weighted by Crippen LogP contribution is -2.34. The Morgan fingerprint density at radius 2 is 1.78 bits per heavy atom. The van der Waals surface area contributed by atoms with Gasteiger partial charge < -0.3 is 4.90 Å². The zero-order valence-electron chi connectivity index (χ0n) is 13.3. The molecule has 2 heterocycles. The molecule has 124 valence electrons. The van der Waals surface area contributed by atoms with Gasteiger partial charge in [0, 0.05) is 36.7 Å². The first-order valence-electron chi connectivity index (χ1n) is 8.00. The minimum atomic E-state index is -3.36. The van der Waals surface area contributed by atoms with Gasteiger partial charge in [0.05, 0.1) is 0 Å². The van der Waals surface area contributed by atoms with Crippen LogP contribution < -0.4 is 4.90 Å². The number of sulfonamides is 1. The van der Waals surface area contributed by atoms with E-state index < -0.39 is 10.0 Å². The van der Waals surface area contributed by atoms with Crippen molar-refractivity contribution in [3.05, 3.63) is 47.3 Å². The van der Waals surface area contributed by atoms with Crippen molar-refractivity contribution in [1.29, 1.82) is 0 Å². The van der Waals surface area contributed by atoms with Crippen LogP contribution in [0.4, 0.5) is 5.69 Å². The first-order chi connectivity index (χ1) is 11.1. The molecule has 0 unspecified atom stereocenters. The summed E-state index contributed by atoms with van der Waals surface area (Å²) in [4.78, 5) is 3.38. The van der Waals surface area contributed by atoms with Crippen LogP contribution >= 0.6 is 11.3 Å². The third-order valence-electron chi connectivity index (χ3n) is 4.16. The summed E-state index contributed by atoms with van der Waals surface area (Å²) < 4.78 is 27.8. The van der Waals surface area contributed by atoms with Gasteiger partial charge in [-0.05, 0) is 37.1 Å². The second-order valence-corrected chi connectivity index (χ2v) is 8.99. The maximum Gasteiger partial charge on any atom is 0.252 e. The Balaban J connectivity index is 1.74. The van der Waals surface area contributed by atoms with E-state index in [0.717, 1.165) is 36.5 Å². The van der Waals surface area contributed by atoms with Crippen LogP contribution in [0.25, 0.3) is 0 Å². The van der Waals surface area contributed by atoms with Crippen molar-refractivity contribution < 1.29 is 8.42 Å². The van der Waals surface area contributed by atoms with Crippen molar-refractivity contribution >= 4 is 27.0 Å². The van der Waals surface area contributed by atoms with Crippen LogP contribution in [0.2, 0.25) is 0 Å². The molecule has 1 aromatic heterocycles. The normalized spacial score (nSPS) is 17.2. The summed E-state index contributed by atoms with van der Waals surface area (Å²) in [6.07, 6.45) is 1.72. The van der Waals surface area contributed by atoms with E-state index in [4.69, 9.17) is 0 Å². The van der Waals surface area contributed by atoms with Crippen molar-refractivity contribution in [1.82, 2.24) is 4.31 Å². The van der Waals surface area contributed by atoms with Gasteiger partial charge >= 0.3 is 0 Å². The number of benzene rings is 1. The number of anilines is 1. The van der Waals surface area contributed by atoms with Gasteiger partial charge in [0.1, 0.15) is 4.21 Å². The Bertz CT molecular complexity index is 741. The Kier molecular flexibility index (Phi) is 5.04. The molecule has 1 aliphatic rings. The summed E-state index contributed by atoms with van der Waals surface area (Å²) in [6, 6.07) is 13.9. The summed E-state index contributed by atoms with van der Waals surface area (Å²) in [5.74, 6) is 0. The maximum absolute atomic E-state index is 12.8. The van der Waals surface area contributed by atoms with Crippen LogP contribution in [-0.4, -0.2) is 38.9 Å². The van der Waals surface area contributed by atoms with Gasteiger partial charge in [-0.1, -0.05) is 25.1 Å². The van der Waals surface area contributed by atoms with Gasteiger partial charge in [0.2, 0.25) is 0 Å². The van der Waals surface area contributed by atoms with Gasteiger partial charge in [0.15, 0.2) is 0 Å². The first kappa shape index (κ1) is 16.5. The highest BCUT2D eigenvalue weighted by molar-refractivity contribution is 7.91. The molecule has 0 spiro atoms. The molecule has 4 nitrogen and oxygen atoms in total. The Morgan fingerprint density at radius 1 is 1.00 bits per heavy atom. The molecular formula is C17H22N2O2S2. The lowest BCUT2D eigenvalue weighted by molar-refractivity contribution is 0.434. The van der Waals surface area contributed by atoms with Gasteiger partial charge in [-0.3, -0.25) is 0 Å². The van der Waals surface area contributed by atoms with E-state index in [1.807, 2.05) is 31.2 Å². The molecule has 0 atom stereocenters. The Morgan fingerprint density at radius 3 is 2.48 bits per heavy atom. The molecule has 1 fully saturated rings. The molecule has 0 bridgehead atoms. The number of nitrogens with zero attached hydrogens (tertiary/aromatic N) is 2. The predicted molar refractivity (Wildman–Crippen MR) is 95.7 cm³/mol. The SMILES string of the molecule is CCc1ccc(S(=O)(=O)N2CCCN(c3ccccc3)CC2)s1. The lowest BCUT2D eigenvalue weighted by Gasteiger charge is -2.23. The quantitative estimate of drug-likeness (QED) is 0.850. The van der Waals surface area contributed by atoms with Crippen molar-refractivity contribution in [3.8, 4) is 0 Å². The monoisotopic (exact) mass is 350 g/mol. The van der Waals surface area contributed by atoms with Crippen molar-refractivity contribution in [2.24, 2.45) is 0 Å². The average molecular weight is 351 g/mol. The molecule has 0 N–H and O–H groups in total. The van der Waals surface area contributed by atoms with E-state index in [-0.39, 0.29) is 0 Å². The number of rotatable bonds is 4. The van der Waals surface area contributed by atoms with Crippen LogP contribution in [0.3, 0.4) is 0 Å². The van der Waals surface area contributed by atoms with Gasteiger partial charge in [-0.25, -0.2) is 8.42 Å². The molecule has 0 amide bonds. The highest BCUT2D eigenvalue weighted by atomic mass is 32.2. The zero-order valence-corrected chi connectivity index (χ0v) is 14.9. The summed E-state index contributed by atoms with van der Waals surface area (Å²) in [5, 5.41) is 0. The van der Waals surface area contributed by atoms with Crippen LogP contribution in [0.1, 0.15) is 18.2 Å². The molecule has 0 radical (unpaired) electrons. The smallest absolute Gasteiger partial charge is 0.252 e. The summed E-state index contributed by atoms with van der Waals surface area (Å²) >= 11 is 1.39. The summed E-state index contributed by atoms with van der Waals surface area (Å²) in [6.45, 7) is 4.80. The number of para-hydroxylation sites is 1. The molecule has 6 heteroatoms. The van der Waals surface area contributed by atoms with Crippen molar-refractivity contribution in [2.75, 3.05) is 31.1 Å². The zero-order chi connectivity index (χ0) is 16.3. The van der Waals surface area contributed by atoms with Crippen LogP contribution in [0.15, 0.2) is 46.7 Å². The van der Waals surface area contributed by atoms with E-state index in [9.17, 15) is 8.42 Å². The molecule has 0 saturated carbocycles. The largest absolute Gasteiger partial charge is 0.370 e. The van der Waals surface area contributed by atoms with Gasteiger partial charge in [-0.15, -0.1) is 11.3 Å². The number of aryl methyl sites for hydroxylation is 1. The first-order valence-corrected chi connectivity index (χ1v) is 10.3. The molecule has 3 rings (SSSR count). The molecule has 1 aromatic carbocycles. The second kappa shape index (κ2) is 7.03. The molecular weight excluding hydrogens is 328 g/mol. The van der Waals surface area contributed by atoms with E-state index >= 15 is 0 Å². The average Bonchev–Trinajstić information content (AvgIpc) is 2.93. The fraction of sp³-hybridized carbons (Fsp3) is 0.412. The fourth-order valence-electron chi connectivity index (χ4n) is 2.85. The third-order valence-corrected chi connectivity index (χ3v) is 7.75. The number of hydrogen-bond donors (Lipinski definition) is 0. The van der Waals surface area contributed by atoms with E-state index in [2.05, 4.69) is 17.0 Å². The number of thiophene rings is 1. The number of hydrogen-bond acceptors (Lipinski definition) is 4. The standard InChI is InChI=1S/C17H22N2O2S2/c1-2-16-9-10-17(22-16)23(20,21)19-12-6-11-18(13-14-19)15-7-4-3-5-8-15/h3-5,7-10H,2,6,11-14H2,1H3. The summed E-state index contributed by atoms with van der Waals surface area (Å²) in [7, 11) is -3.36. The highest BCUT2D eigenvalue weighted by Gasteiger charge is 2.28. The topological polar surface area (TPSA) is 40.6 Å². The predicted octanol–water partition coefficient (Wildman–Crippen LogP) is 3.21. The maximum atomic E-state index is 12.8. The van der Waals surface area contributed by atoms with Crippen molar-refractivity contribution in [2.45, 2.75) is 24.0 Å². The fourth-order valence-corrected chi connectivity index (χ4v) is 5.76. The van der Waals surface area contributed by atoms with E-state index in [0.29, 0.717) is 17.3 Å². The molecule has 2 aromatic rings. The molecule has 1 aliphatic heterocycles. The molecule has 23 heavy (non-hydrogen) atoms. The highest BCUT2D eigenvalue weighted by Crippen LogP contribution is 2.26. The van der Waals surface area contributed by atoms with Crippen LogP contribution in [0, 0.1) is 0 Å². The van der Waals surface area contributed by atoms with Crippen molar-refractivity contribution in [3.63, 3.8) is 0 Å². The second-order valence-electron chi connectivity index (χ2n) is 5.65. The summed E-state index contributed by atoms with van der Waals surface area (Å²) in [5.41, 5.74) is 1.16. The third kappa shape index (κ3) is 3.59. The van der Waals surface area contributed by atoms with Gasteiger partial charge in [-0.2, -0.15) is 4.31 Å². The lowest BCUT2D eigenvalue weighted by atomic mass is 10.3. The van der Waals surface area contributed by atoms with E-state index in [1.165, 1.54) is 11.3 Å². The molecule has 0 aliphatic carbocycles. The van der Waals surface area contributed by atoms with Crippen LogP contribution in [0.5, 0.6) is 0 Å². The molecule has 1 saturated heterocycles. The Labute approximate surface area is 142 Å². The Hall–Kier alpha value is -1.37. The van der Waals surface area contributed by atoms with Gasteiger partial charge in [0.25, 0.3) is 10.0 Å². The van der Waals surface area contributed by atoms with E-state index in [1.54, 1.807) is 10.4 Å². The van der Waals surface area contributed by atoms with Crippen LogP contribution in [-0.2, 0) is 16.4 Å².